The lowest BCUT2D eigenvalue weighted by Crippen LogP contribution is -1.99. The van der Waals surface area contributed by atoms with E-state index in [1.165, 1.54) is 25.0 Å². The van der Waals surface area contributed by atoms with Crippen molar-refractivity contribution in [3.05, 3.63) is 23.8 Å². The molecule has 14 heavy (non-hydrogen) atoms. The van der Waals surface area contributed by atoms with Gasteiger partial charge in [0.1, 0.15) is 17.8 Å². The van der Waals surface area contributed by atoms with Crippen LogP contribution in [0.25, 0.3) is 0 Å². The van der Waals surface area contributed by atoms with Gasteiger partial charge < -0.3 is 9.84 Å². The van der Waals surface area contributed by atoms with Gasteiger partial charge in [-0.05, 0) is 30.9 Å². The summed E-state index contributed by atoms with van der Waals surface area (Å²) in [5.41, 5.74) is 0.441. The van der Waals surface area contributed by atoms with Gasteiger partial charge in [0.2, 0.25) is 0 Å². The summed E-state index contributed by atoms with van der Waals surface area (Å²) in [7, 11) is 0. The first-order valence-electron chi connectivity index (χ1n) is 4.70. The molecule has 0 aromatic heterocycles. The molecule has 0 atom stereocenters. The molecule has 1 aromatic rings. The van der Waals surface area contributed by atoms with Gasteiger partial charge in [-0.2, -0.15) is 0 Å². The van der Waals surface area contributed by atoms with Gasteiger partial charge in [0.05, 0.1) is 6.61 Å². The topological polar surface area (TPSA) is 46.5 Å². The average molecular weight is 192 g/mol. The number of carbonyl (C=O) groups is 1. The Balaban J connectivity index is 2.06. The van der Waals surface area contributed by atoms with Crippen LogP contribution in [0.15, 0.2) is 18.2 Å². The summed E-state index contributed by atoms with van der Waals surface area (Å²) >= 11 is 0. The molecule has 1 aliphatic carbocycles. The maximum Gasteiger partial charge on any atom is 0.150 e. The quantitative estimate of drug-likeness (QED) is 0.742. The average Bonchev–Trinajstić information content (AvgIpc) is 2.97. The Hall–Kier alpha value is -1.51. The van der Waals surface area contributed by atoms with Crippen molar-refractivity contribution in [3.63, 3.8) is 0 Å². The monoisotopic (exact) mass is 192 g/mol. The Morgan fingerprint density at radius 3 is 2.86 bits per heavy atom. The smallest absolute Gasteiger partial charge is 0.150 e. The van der Waals surface area contributed by atoms with Crippen LogP contribution in [-0.2, 0) is 0 Å². The first-order valence-corrected chi connectivity index (χ1v) is 4.70. The highest BCUT2D eigenvalue weighted by Crippen LogP contribution is 2.30. The van der Waals surface area contributed by atoms with E-state index in [2.05, 4.69) is 0 Å². The van der Waals surface area contributed by atoms with Crippen molar-refractivity contribution in [2.75, 3.05) is 6.61 Å². The fourth-order valence-electron chi connectivity index (χ4n) is 1.26. The van der Waals surface area contributed by atoms with Crippen LogP contribution in [0.1, 0.15) is 23.2 Å². The number of aromatic hydroxyl groups is 1. The van der Waals surface area contributed by atoms with E-state index >= 15 is 0 Å². The van der Waals surface area contributed by atoms with E-state index in [4.69, 9.17) is 4.74 Å². The van der Waals surface area contributed by atoms with Crippen LogP contribution in [0.2, 0.25) is 0 Å². The zero-order chi connectivity index (χ0) is 9.97. The Kier molecular flexibility index (Phi) is 2.39. The number of carbonyl (C=O) groups excluding carboxylic acids is 1. The fraction of sp³-hybridized carbons (Fsp3) is 0.364. The van der Waals surface area contributed by atoms with E-state index in [0.717, 1.165) is 0 Å². The molecule has 0 saturated heterocycles. The van der Waals surface area contributed by atoms with Gasteiger partial charge in [-0.1, -0.05) is 0 Å². The van der Waals surface area contributed by atoms with E-state index < -0.39 is 0 Å². The van der Waals surface area contributed by atoms with E-state index in [9.17, 15) is 9.90 Å². The first-order chi connectivity index (χ1) is 6.78. The minimum Gasteiger partial charge on any atom is -0.508 e. The summed E-state index contributed by atoms with van der Waals surface area (Å²) in [4.78, 5) is 10.5. The number of hydrogen-bond acceptors (Lipinski definition) is 3. The molecule has 0 amide bonds. The second-order valence-electron chi connectivity index (χ2n) is 3.63. The summed E-state index contributed by atoms with van der Waals surface area (Å²) in [6, 6.07) is 4.57. The van der Waals surface area contributed by atoms with Gasteiger partial charge in [0.15, 0.2) is 0 Å². The third kappa shape index (κ3) is 2.25. The molecular formula is C11H12O3. The number of hydrogen-bond donors (Lipinski definition) is 1. The van der Waals surface area contributed by atoms with Gasteiger partial charge in [-0.25, -0.2) is 0 Å². The second kappa shape index (κ2) is 3.70. The molecule has 1 saturated carbocycles. The summed E-state index contributed by atoms with van der Waals surface area (Å²) < 4.78 is 5.43. The van der Waals surface area contributed by atoms with Crippen LogP contribution >= 0.6 is 0 Å². The predicted octanol–water partition coefficient (Wildman–Crippen LogP) is 1.99. The molecule has 1 N–H and O–H groups in total. The summed E-state index contributed by atoms with van der Waals surface area (Å²) in [6.45, 7) is 0.682. The van der Waals surface area contributed by atoms with Crippen LogP contribution in [0.4, 0.5) is 0 Å². The van der Waals surface area contributed by atoms with Crippen molar-refractivity contribution in [1.29, 1.82) is 0 Å². The number of phenolic OH excluding ortho intramolecular Hbond substituents is 1. The molecule has 0 radical (unpaired) electrons. The minimum atomic E-state index is 0.0698. The predicted molar refractivity (Wildman–Crippen MR) is 51.7 cm³/mol. The standard InChI is InChI=1S/C11H12O3/c12-6-9-3-10(13)5-11(4-9)14-7-8-1-2-8/h3-6,8,13H,1-2,7H2. The SMILES string of the molecule is O=Cc1cc(O)cc(OCC2CC2)c1. The molecule has 0 spiro atoms. The number of aldehydes is 1. The molecule has 3 heteroatoms. The van der Waals surface area contributed by atoms with E-state index in [0.29, 0.717) is 30.1 Å². The summed E-state index contributed by atoms with van der Waals surface area (Å²) in [5, 5.41) is 9.27. The van der Waals surface area contributed by atoms with Gasteiger partial charge in [0, 0.05) is 11.6 Å². The number of phenols is 1. The molecule has 1 aliphatic rings. The maximum atomic E-state index is 10.5. The van der Waals surface area contributed by atoms with E-state index in [1.807, 2.05) is 0 Å². The van der Waals surface area contributed by atoms with Crippen LogP contribution < -0.4 is 4.74 Å². The largest absolute Gasteiger partial charge is 0.508 e. The van der Waals surface area contributed by atoms with Crippen LogP contribution in [-0.4, -0.2) is 18.0 Å². The Morgan fingerprint density at radius 1 is 1.43 bits per heavy atom. The Bertz CT molecular complexity index is 342. The molecule has 1 aromatic carbocycles. The number of rotatable bonds is 4. The molecular weight excluding hydrogens is 180 g/mol. The zero-order valence-corrected chi connectivity index (χ0v) is 7.77. The molecule has 1 fully saturated rings. The molecule has 2 rings (SSSR count). The highest BCUT2D eigenvalue weighted by Gasteiger charge is 2.21. The lowest BCUT2D eigenvalue weighted by Gasteiger charge is -2.05. The van der Waals surface area contributed by atoms with Crippen molar-refractivity contribution in [2.45, 2.75) is 12.8 Å². The van der Waals surface area contributed by atoms with Gasteiger partial charge in [-0.3, -0.25) is 4.79 Å². The zero-order valence-electron chi connectivity index (χ0n) is 7.77. The van der Waals surface area contributed by atoms with Crippen LogP contribution in [0.3, 0.4) is 0 Å². The van der Waals surface area contributed by atoms with Crippen molar-refractivity contribution >= 4 is 6.29 Å². The molecule has 0 bridgehead atoms. The molecule has 0 aliphatic heterocycles. The van der Waals surface area contributed by atoms with Crippen LogP contribution in [0, 0.1) is 5.92 Å². The summed E-state index contributed by atoms with van der Waals surface area (Å²) in [5.74, 6) is 1.30. The van der Waals surface area contributed by atoms with Gasteiger partial charge >= 0.3 is 0 Å². The molecule has 3 nitrogen and oxygen atoms in total. The Labute approximate surface area is 82.3 Å². The maximum absolute atomic E-state index is 10.5. The normalized spacial score (nSPS) is 15.1. The third-order valence-corrected chi connectivity index (χ3v) is 2.23. The summed E-state index contributed by atoms with van der Waals surface area (Å²) in [6.07, 6.45) is 3.14. The highest BCUT2D eigenvalue weighted by molar-refractivity contribution is 5.76. The lowest BCUT2D eigenvalue weighted by molar-refractivity contribution is 0.112. The van der Waals surface area contributed by atoms with E-state index in [1.54, 1.807) is 6.07 Å². The van der Waals surface area contributed by atoms with Crippen molar-refractivity contribution < 1.29 is 14.6 Å². The van der Waals surface area contributed by atoms with E-state index in [-0.39, 0.29) is 5.75 Å². The molecule has 74 valence electrons. The third-order valence-electron chi connectivity index (χ3n) is 2.23. The second-order valence-corrected chi connectivity index (χ2v) is 3.63. The van der Waals surface area contributed by atoms with Crippen molar-refractivity contribution in [2.24, 2.45) is 5.92 Å². The van der Waals surface area contributed by atoms with Gasteiger partial charge in [-0.15, -0.1) is 0 Å². The van der Waals surface area contributed by atoms with Crippen molar-refractivity contribution in [3.8, 4) is 11.5 Å². The minimum absolute atomic E-state index is 0.0698. The Morgan fingerprint density at radius 2 is 2.21 bits per heavy atom. The van der Waals surface area contributed by atoms with Gasteiger partial charge in [0.25, 0.3) is 0 Å². The molecule has 0 unspecified atom stereocenters. The number of benzene rings is 1. The molecule has 0 heterocycles. The highest BCUT2D eigenvalue weighted by atomic mass is 16.5. The van der Waals surface area contributed by atoms with Crippen molar-refractivity contribution in [1.82, 2.24) is 0 Å². The lowest BCUT2D eigenvalue weighted by atomic mass is 10.2. The first kappa shape index (κ1) is 9.06. The van der Waals surface area contributed by atoms with Crippen LogP contribution in [0.5, 0.6) is 11.5 Å². The fourth-order valence-corrected chi connectivity index (χ4v) is 1.26. The number of ether oxygens (including phenoxy) is 1.